The number of hydrogen-bond donors (Lipinski definition) is 0. The molecule has 0 N–H and O–H groups in total. The van der Waals surface area contributed by atoms with Crippen LogP contribution in [0, 0.1) is 29.6 Å². The number of para-hydroxylation sites is 1. The second-order valence-electron chi connectivity index (χ2n) is 22.5. The molecule has 0 aromatic heterocycles. The molecule has 0 amide bonds. The van der Waals surface area contributed by atoms with Crippen molar-refractivity contribution in [2.24, 2.45) is 29.6 Å². The highest BCUT2D eigenvalue weighted by Gasteiger charge is 2.61. The molecular weight excluding hydrogens is 868 g/mol. The number of fused-ring (bicyclic) bond motifs is 5. The van der Waals surface area contributed by atoms with Crippen LogP contribution >= 0.6 is 0 Å². The monoisotopic (exact) mass is 924 g/mol. The van der Waals surface area contributed by atoms with Crippen molar-refractivity contribution in [3.8, 4) is 11.1 Å². The van der Waals surface area contributed by atoms with Gasteiger partial charge in [-0.3, -0.25) is 0 Å². The van der Waals surface area contributed by atoms with E-state index in [0.29, 0.717) is 17.8 Å². The molecule has 0 aliphatic heterocycles. The van der Waals surface area contributed by atoms with Gasteiger partial charge in [-0.1, -0.05) is 159 Å². The minimum absolute atomic E-state index is 0.0960. The Hall–Kier alpha value is -7.36. The summed E-state index contributed by atoms with van der Waals surface area (Å²) in [6.07, 6.45) is 8.98. The molecule has 16 rings (SSSR count). The summed E-state index contributed by atoms with van der Waals surface area (Å²) in [5.74, 6) is 3.76. The van der Waals surface area contributed by atoms with E-state index in [9.17, 15) is 0 Å². The average molecular weight is 925 g/mol. The topological polar surface area (TPSA) is 6.48 Å². The lowest BCUT2D eigenvalue weighted by Crippen LogP contribution is -2.55. The maximum Gasteiger partial charge on any atom is 0.116 e. The minimum Gasteiger partial charge on any atom is -0.310 e. The molecule has 2 nitrogen and oxygen atoms in total. The fourth-order valence-electron chi connectivity index (χ4n) is 15.5. The minimum atomic E-state index is 0.0960. The number of nitrogens with zero attached hydrogens (tertiary/aromatic N) is 2. The highest BCUT2D eigenvalue weighted by Crippen LogP contribution is 2.69. The second-order valence-corrected chi connectivity index (χ2v) is 22.5. The van der Waals surface area contributed by atoms with E-state index in [1.54, 1.807) is 11.1 Å². The molecule has 2 radical (unpaired) electrons. The Balaban J connectivity index is 1.00. The first-order valence-electron chi connectivity index (χ1n) is 26.8. The number of aryl methyl sites for hydroxylation is 1. The summed E-state index contributed by atoms with van der Waals surface area (Å²) in [5, 5.41) is 12.4. The van der Waals surface area contributed by atoms with Crippen LogP contribution in [-0.4, -0.2) is 7.85 Å². The Morgan fingerprint density at radius 1 is 0.458 bits per heavy atom. The standard InChI is InChI=1S/C69H57BN2/c1-42(2)23-24-49-39-60-65(71(52-17-4-3-5-18-52)53-28-25-45-13-6-7-15-48(45)38-53)32-27-47-26-30-57-67(66(47)60)58(49)41-63(70)68(57)72(64-22-12-16-46-14-8-9-19-55(46)64)54-29-31-62-59(40-54)56-20-10-11-21-61(56)69(62)50-34-43-33-44(36-50)37-51(69)35-43/h3-22,25-32,38-44,50-51H,23-24,33-37H2,1-2H3. The average Bonchev–Trinajstić information content (AvgIpc) is 3.70. The van der Waals surface area contributed by atoms with Crippen LogP contribution in [0.2, 0.25) is 0 Å². The van der Waals surface area contributed by atoms with Crippen LogP contribution in [-0.2, 0) is 11.8 Å². The lowest BCUT2D eigenvalue weighted by Gasteiger charge is -2.61. The predicted molar refractivity (Wildman–Crippen MR) is 306 cm³/mol. The fraction of sp³-hybridized carbons (Fsp3) is 0.217. The Kier molecular flexibility index (Phi) is 9.45. The highest BCUT2D eigenvalue weighted by molar-refractivity contribution is 6.42. The Bertz CT molecular complexity index is 3930. The van der Waals surface area contributed by atoms with Crippen molar-refractivity contribution in [1.29, 1.82) is 0 Å². The van der Waals surface area contributed by atoms with Gasteiger partial charge >= 0.3 is 0 Å². The lowest BCUT2D eigenvalue weighted by molar-refractivity contribution is -0.0399. The fourth-order valence-corrected chi connectivity index (χ4v) is 15.5. The predicted octanol–water partition coefficient (Wildman–Crippen LogP) is 17.9. The first-order chi connectivity index (χ1) is 35.4. The molecule has 5 aliphatic rings. The summed E-state index contributed by atoms with van der Waals surface area (Å²) in [4.78, 5) is 5.01. The summed E-state index contributed by atoms with van der Waals surface area (Å²) in [6, 6.07) is 73.6. The van der Waals surface area contributed by atoms with Crippen molar-refractivity contribution in [1.82, 2.24) is 0 Å². The zero-order valence-corrected chi connectivity index (χ0v) is 41.3. The highest BCUT2D eigenvalue weighted by atomic mass is 15.2. The summed E-state index contributed by atoms with van der Waals surface area (Å²) < 4.78 is 0. The van der Waals surface area contributed by atoms with Crippen molar-refractivity contribution in [2.75, 3.05) is 9.80 Å². The Labute approximate surface area is 424 Å². The molecule has 0 saturated heterocycles. The van der Waals surface area contributed by atoms with E-state index < -0.39 is 0 Å². The van der Waals surface area contributed by atoms with Crippen LogP contribution in [0.15, 0.2) is 194 Å². The maximum atomic E-state index is 7.74. The van der Waals surface area contributed by atoms with E-state index in [1.807, 2.05) is 0 Å². The summed E-state index contributed by atoms with van der Waals surface area (Å²) in [6.45, 7) is 4.69. The van der Waals surface area contributed by atoms with Crippen LogP contribution in [0.5, 0.6) is 0 Å². The van der Waals surface area contributed by atoms with Crippen LogP contribution < -0.4 is 15.3 Å². The van der Waals surface area contributed by atoms with Gasteiger partial charge in [0.15, 0.2) is 0 Å². The first kappa shape index (κ1) is 42.3. The molecule has 1 spiro atoms. The Morgan fingerprint density at radius 3 is 1.93 bits per heavy atom. The van der Waals surface area contributed by atoms with Gasteiger partial charge in [0.05, 0.1) is 11.4 Å². The van der Waals surface area contributed by atoms with Gasteiger partial charge < -0.3 is 9.80 Å². The van der Waals surface area contributed by atoms with Gasteiger partial charge in [-0.25, -0.2) is 0 Å². The molecule has 5 aliphatic carbocycles. The van der Waals surface area contributed by atoms with Gasteiger partial charge in [-0.15, -0.1) is 0 Å². The van der Waals surface area contributed by atoms with Crippen molar-refractivity contribution < 1.29 is 0 Å². The van der Waals surface area contributed by atoms with Crippen LogP contribution in [0.1, 0.15) is 69.1 Å². The van der Waals surface area contributed by atoms with Gasteiger partial charge in [0.2, 0.25) is 0 Å². The summed E-state index contributed by atoms with van der Waals surface area (Å²) in [7, 11) is 7.74. The maximum absolute atomic E-state index is 7.74. The molecule has 11 aromatic carbocycles. The molecule has 0 atom stereocenters. The van der Waals surface area contributed by atoms with Crippen molar-refractivity contribution in [3.05, 3.63) is 211 Å². The molecule has 4 bridgehead atoms. The molecule has 0 unspecified atom stereocenters. The van der Waals surface area contributed by atoms with Gasteiger partial charge in [-0.2, -0.15) is 0 Å². The molecular formula is C69H57BN2. The summed E-state index contributed by atoms with van der Waals surface area (Å²) in [5.41, 5.74) is 15.0. The van der Waals surface area contributed by atoms with E-state index in [4.69, 9.17) is 7.85 Å². The largest absolute Gasteiger partial charge is 0.310 e. The van der Waals surface area contributed by atoms with E-state index in [0.717, 1.165) is 58.6 Å². The number of anilines is 6. The van der Waals surface area contributed by atoms with Crippen molar-refractivity contribution in [3.63, 3.8) is 0 Å². The van der Waals surface area contributed by atoms with E-state index >= 15 is 0 Å². The quantitative estimate of drug-likeness (QED) is 0.105. The molecule has 72 heavy (non-hydrogen) atoms. The number of benzene rings is 11. The van der Waals surface area contributed by atoms with Crippen molar-refractivity contribution in [2.45, 2.75) is 64.2 Å². The van der Waals surface area contributed by atoms with E-state index in [1.165, 1.54) is 108 Å². The van der Waals surface area contributed by atoms with Gasteiger partial charge in [0.25, 0.3) is 0 Å². The zero-order valence-electron chi connectivity index (χ0n) is 41.3. The van der Waals surface area contributed by atoms with Gasteiger partial charge in [0, 0.05) is 44.3 Å². The van der Waals surface area contributed by atoms with Gasteiger partial charge in [-0.05, 0) is 195 Å². The third kappa shape index (κ3) is 6.16. The molecule has 11 aromatic rings. The molecule has 4 fully saturated rings. The third-order valence-corrected chi connectivity index (χ3v) is 18.2. The van der Waals surface area contributed by atoms with Crippen LogP contribution in [0.25, 0.3) is 65.0 Å². The van der Waals surface area contributed by atoms with E-state index in [-0.39, 0.29) is 5.41 Å². The number of rotatable bonds is 9. The summed E-state index contributed by atoms with van der Waals surface area (Å²) >= 11 is 0. The zero-order chi connectivity index (χ0) is 47.8. The molecule has 4 saturated carbocycles. The normalized spacial score (nSPS) is 20.7. The van der Waals surface area contributed by atoms with Crippen LogP contribution in [0.4, 0.5) is 34.1 Å². The van der Waals surface area contributed by atoms with E-state index in [2.05, 4.69) is 218 Å². The van der Waals surface area contributed by atoms with Crippen molar-refractivity contribution >= 4 is 101 Å². The molecule has 0 heterocycles. The smallest absolute Gasteiger partial charge is 0.116 e. The third-order valence-electron chi connectivity index (χ3n) is 18.2. The van der Waals surface area contributed by atoms with Crippen LogP contribution in [0.3, 0.4) is 0 Å². The SMILES string of the molecule is [B]c1cc2c(CCC(C)C)cc3c(N(c4ccccc4)c4ccc5ccccc5c4)ccc4ccc(c1N(c1ccc5c(c1)-c1ccccc1C51C5CC6CC(C5)CC1C6)c1cccc5ccccc15)c2c43. The number of hydrogen-bond acceptors (Lipinski definition) is 2. The van der Waals surface area contributed by atoms with Gasteiger partial charge in [0.1, 0.15) is 7.85 Å². The molecule has 3 heteroatoms. The molecule has 346 valence electrons. The second kappa shape index (κ2) is 16.1. The Morgan fingerprint density at radius 2 is 1.11 bits per heavy atom. The lowest BCUT2D eigenvalue weighted by atomic mass is 9.43. The first-order valence-corrected chi connectivity index (χ1v) is 26.8.